The van der Waals surface area contributed by atoms with Crippen LogP contribution in [0.3, 0.4) is 0 Å². The molecule has 0 unspecified atom stereocenters. The zero-order valence-electron chi connectivity index (χ0n) is 22.3. The molecule has 4 aromatic rings. The van der Waals surface area contributed by atoms with E-state index in [9.17, 15) is 4.79 Å². The van der Waals surface area contributed by atoms with Gasteiger partial charge in [0.25, 0.3) is 0 Å². The van der Waals surface area contributed by atoms with Gasteiger partial charge in [0, 0.05) is 29.0 Å². The predicted molar refractivity (Wildman–Crippen MR) is 155 cm³/mol. The lowest BCUT2D eigenvalue weighted by Gasteiger charge is -2.28. The summed E-state index contributed by atoms with van der Waals surface area (Å²) >= 11 is 5.93. The third-order valence-corrected chi connectivity index (χ3v) is 7.56. The first kappa shape index (κ1) is 25.7. The summed E-state index contributed by atoms with van der Waals surface area (Å²) in [5, 5.41) is 4.22. The average molecular weight is 525 g/mol. The van der Waals surface area contributed by atoms with E-state index in [4.69, 9.17) is 17.0 Å². The number of methoxy groups -OCH3 is 1. The second-order valence-corrected chi connectivity index (χ2v) is 10.3. The molecule has 0 bridgehead atoms. The van der Waals surface area contributed by atoms with Crippen molar-refractivity contribution in [3.63, 3.8) is 0 Å². The molecule has 194 valence electrons. The number of pyridine rings is 1. The van der Waals surface area contributed by atoms with Crippen molar-refractivity contribution < 1.29 is 9.53 Å². The number of hydrogen-bond donors (Lipinski definition) is 1. The van der Waals surface area contributed by atoms with Gasteiger partial charge in [0.1, 0.15) is 0 Å². The van der Waals surface area contributed by atoms with Crippen LogP contribution in [0.25, 0.3) is 5.69 Å². The highest BCUT2D eigenvalue weighted by molar-refractivity contribution is 7.80. The molecule has 2 aromatic carbocycles. The number of aryl methyl sites for hydroxylation is 1. The van der Waals surface area contributed by atoms with Crippen molar-refractivity contribution >= 4 is 29.0 Å². The van der Waals surface area contributed by atoms with Crippen molar-refractivity contribution in [3.8, 4) is 5.69 Å². The van der Waals surface area contributed by atoms with Crippen LogP contribution in [-0.2, 0) is 4.74 Å². The summed E-state index contributed by atoms with van der Waals surface area (Å²) in [6.07, 6.45) is 1.82. The zero-order chi connectivity index (χ0) is 27.0. The van der Waals surface area contributed by atoms with E-state index in [0.717, 1.165) is 34.0 Å². The SMILES string of the molecule is COC(=O)c1cccc(-n2c(C)cc([C@H]3[C@H](c4ccccn4)NC(=S)N3c3ccc(C(C)C)cc3)c2C)c1. The molecule has 6 nitrogen and oxygen atoms in total. The van der Waals surface area contributed by atoms with Crippen molar-refractivity contribution in [2.24, 2.45) is 0 Å². The number of anilines is 1. The second kappa shape index (κ2) is 10.4. The van der Waals surface area contributed by atoms with Crippen molar-refractivity contribution in [1.29, 1.82) is 0 Å². The van der Waals surface area contributed by atoms with Gasteiger partial charge in [-0.1, -0.05) is 38.1 Å². The van der Waals surface area contributed by atoms with Crippen molar-refractivity contribution in [1.82, 2.24) is 14.9 Å². The quantitative estimate of drug-likeness (QED) is 0.227. The zero-order valence-corrected chi connectivity index (χ0v) is 23.1. The number of rotatable bonds is 6. The van der Waals surface area contributed by atoms with Crippen LogP contribution in [0.5, 0.6) is 0 Å². The fraction of sp³-hybridized carbons (Fsp3) is 0.258. The largest absolute Gasteiger partial charge is 0.465 e. The lowest BCUT2D eigenvalue weighted by molar-refractivity contribution is 0.0600. The Hall–Kier alpha value is -3.97. The van der Waals surface area contributed by atoms with Gasteiger partial charge in [-0.15, -0.1) is 0 Å². The molecule has 0 radical (unpaired) electrons. The molecule has 0 saturated carbocycles. The fourth-order valence-electron chi connectivity index (χ4n) is 5.34. The van der Waals surface area contributed by atoms with E-state index in [-0.39, 0.29) is 18.1 Å². The Morgan fingerprint density at radius 3 is 2.42 bits per heavy atom. The van der Waals surface area contributed by atoms with Gasteiger partial charge >= 0.3 is 5.97 Å². The Morgan fingerprint density at radius 1 is 1.00 bits per heavy atom. The number of ether oxygens (including phenoxy) is 1. The summed E-state index contributed by atoms with van der Waals surface area (Å²) in [7, 11) is 1.40. The number of nitrogens with one attached hydrogen (secondary N) is 1. The fourth-order valence-corrected chi connectivity index (χ4v) is 5.69. The van der Waals surface area contributed by atoms with Crippen molar-refractivity contribution in [3.05, 3.63) is 113 Å². The molecular weight excluding hydrogens is 492 g/mol. The monoisotopic (exact) mass is 524 g/mol. The third kappa shape index (κ3) is 4.58. The number of nitrogens with zero attached hydrogens (tertiary/aromatic N) is 3. The number of carbonyl (C=O) groups excluding carboxylic acids is 1. The minimum absolute atomic E-state index is 0.119. The number of thiocarbonyl (C=S) groups is 1. The molecule has 0 spiro atoms. The topological polar surface area (TPSA) is 59.4 Å². The summed E-state index contributed by atoms with van der Waals surface area (Å²) in [5.41, 5.74) is 7.95. The predicted octanol–water partition coefficient (Wildman–Crippen LogP) is 6.58. The van der Waals surface area contributed by atoms with Crippen LogP contribution in [0.15, 0.2) is 79.0 Å². The Kier molecular flexibility index (Phi) is 7.04. The maximum absolute atomic E-state index is 12.2. The molecule has 2 aromatic heterocycles. The highest BCUT2D eigenvalue weighted by Gasteiger charge is 2.42. The molecule has 1 fully saturated rings. The van der Waals surface area contributed by atoms with Gasteiger partial charge < -0.3 is 19.5 Å². The van der Waals surface area contributed by atoms with Crippen LogP contribution in [-0.4, -0.2) is 27.7 Å². The van der Waals surface area contributed by atoms with Crippen molar-refractivity contribution in [2.45, 2.75) is 45.7 Å². The Bertz CT molecular complexity index is 1480. The van der Waals surface area contributed by atoms with Gasteiger partial charge in [0.15, 0.2) is 5.11 Å². The van der Waals surface area contributed by atoms with E-state index in [1.807, 2.05) is 42.6 Å². The van der Waals surface area contributed by atoms with Gasteiger partial charge in [0.05, 0.1) is 30.5 Å². The summed E-state index contributed by atoms with van der Waals surface area (Å²) < 4.78 is 7.13. The summed E-state index contributed by atoms with van der Waals surface area (Å²) in [6.45, 7) is 8.59. The first-order valence-electron chi connectivity index (χ1n) is 12.8. The van der Waals surface area contributed by atoms with Crippen LogP contribution in [0.2, 0.25) is 0 Å². The molecule has 1 saturated heterocycles. The highest BCUT2D eigenvalue weighted by Crippen LogP contribution is 2.44. The van der Waals surface area contributed by atoms with Crippen LogP contribution < -0.4 is 10.2 Å². The van der Waals surface area contributed by atoms with E-state index in [1.165, 1.54) is 12.7 Å². The Balaban J connectivity index is 1.64. The Morgan fingerprint density at radius 2 is 1.76 bits per heavy atom. The first-order valence-corrected chi connectivity index (χ1v) is 13.2. The molecule has 1 aliphatic heterocycles. The number of aromatic nitrogens is 2. The first-order chi connectivity index (χ1) is 18.3. The van der Waals surface area contributed by atoms with Crippen LogP contribution >= 0.6 is 12.2 Å². The minimum atomic E-state index is -0.355. The smallest absolute Gasteiger partial charge is 0.337 e. The summed E-state index contributed by atoms with van der Waals surface area (Å²) in [6, 6.07) is 24.1. The standard InChI is InChI=1S/C31H32N4O2S/c1-19(2)22-12-14-24(15-13-22)35-29(28(33-31(35)38)27-11-6-7-16-32-27)26-17-20(3)34(21(26)4)25-10-8-9-23(18-25)30(36)37-5/h6-19,28-29H,1-5H3,(H,33,38)/t28-,29-/m0/s1. The minimum Gasteiger partial charge on any atom is -0.465 e. The lowest BCUT2D eigenvalue weighted by Crippen LogP contribution is -2.29. The molecule has 7 heteroatoms. The van der Waals surface area contributed by atoms with E-state index < -0.39 is 0 Å². The van der Waals surface area contributed by atoms with Gasteiger partial charge in [-0.25, -0.2) is 4.79 Å². The average Bonchev–Trinajstić information content (AvgIpc) is 3.43. The lowest BCUT2D eigenvalue weighted by atomic mass is 9.96. The van der Waals surface area contributed by atoms with Gasteiger partial charge in [0.2, 0.25) is 0 Å². The van der Waals surface area contributed by atoms with Crippen LogP contribution in [0, 0.1) is 13.8 Å². The third-order valence-electron chi connectivity index (χ3n) is 7.25. The molecular formula is C31H32N4O2S. The number of carbonyl (C=O) groups is 1. The normalized spacial score (nSPS) is 17.1. The van der Waals surface area contributed by atoms with E-state index in [1.54, 1.807) is 6.07 Å². The van der Waals surface area contributed by atoms with E-state index in [0.29, 0.717) is 16.6 Å². The van der Waals surface area contributed by atoms with Crippen molar-refractivity contribution in [2.75, 3.05) is 12.0 Å². The number of esters is 1. The van der Waals surface area contributed by atoms with Crippen LogP contribution in [0.1, 0.15) is 70.4 Å². The molecule has 2 atom stereocenters. The molecule has 38 heavy (non-hydrogen) atoms. The maximum atomic E-state index is 12.2. The highest BCUT2D eigenvalue weighted by atomic mass is 32.1. The van der Waals surface area contributed by atoms with Crippen LogP contribution in [0.4, 0.5) is 5.69 Å². The van der Waals surface area contributed by atoms with E-state index in [2.05, 4.69) is 77.8 Å². The maximum Gasteiger partial charge on any atom is 0.337 e. The molecule has 5 rings (SSSR count). The van der Waals surface area contributed by atoms with E-state index >= 15 is 0 Å². The summed E-state index contributed by atoms with van der Waals surface area (Å²) in [4.78, 5) is 19.1. The molecule has 1 N–H and O–H groups in total. The molecule has 1 aliphatic rings. The summed E-state index contributed by atoms with van der Waals surface area (Å²) in [5.74, 6) is 0.0931. The van der Waals surface area contributed by atoms with Gasteiger partial charge in [-0.3, -0.25) is 4.98 Å². The number of benzene rings is 2. The molecule has 3 heterocycles. The second-order valence-electron chi connectivity index (χ2n) is 9.95. The van der Waals surface area contributed by atoms with Gasteiger partial charge in [-0.05, 0) is 91.6 Å². The Labute approximate surface area is 229 Å². The molecule has 0 aliphatic carbocycles. The van der Waals surface area contributed by atoms with Gasteiger partial charge in [-0.2, -0.15) is 0 Å². The molecule has 0 amide bonds. The number of hydrogen-bond acceptors (Lipinski definition) is 4.